The summed E-state index contributed by atoms with van der Waals surface area (Å²) in [6.45, 7) is 1.47. The fraction of sp³-hybridized carbons (Fsp3) is 0.333. The second-order valence-corrected chi connectivity index (χ2v) is 10.4. The number of benzene rings is 2. The fourth-order valence-corrected chi connectivity index (χ4v) is 5.94. The fourth-order valence-electron chi connectivity index (χ4n) is 4.22. The van der Waals surface area contributed by atoms with Crippen LogP contribution in [0.1, 0.15) is 29.3 Å². The maximum atomic E-state index is 13.7. The van der Waals surface area contributed by atoms with Gasteiger partial charge in [0.1, 0.15) is 12.5 Å². The molecule has 13 heteroatoms. The number of allylic oxidation sites excluding steroid dienone is 1. The molecule has 4 rings (SSSR count). The molecule has 2 atom stereocenters. The van der Waals surface area contributed by atoms with Crippen molar-refractivity contribution in [3.05, 3.63) is 83.8 Å². The molecule has 37 heavy (non-hydrogen) atoms. The molecule has 0 spiro atoms. The number of fused-ring (bicyclic) bond motifs is 1. The molecule has 1 aliphatic rings. The first-order valence-corrected chi connectivity index (χ1v) is 12.6. The number of sulfonamides is 1. The number of aryl methyl sites for hydroxylation is 1. The Bertz CT molecular complexity index is 1390. The van der Waals surface area contributed by atoms with E-state index in [0.717, 1.165) is 46.8 Å². The van der Waals surface area contributed by atoms with Gasteiger partial charge in [0.15, 0.2) is 0 Å². The second kappa shape index (κ2) is 9.86. The molecule has 0 saturated heterocycles. The Balaban J connectivity index is 1.80. The number of aliphatic hydroxyl groups is 1. The Kier molecular flexibility index (Phi) is 7.12. The van der Waals surface area contributed by atoms with Gasteiger partial charge in [0.25, 0.3) is 10.0 Å². The minimum Gasteiger partial charge on any atom is -0.425 e. The van der Waals surface area contributed by atoms with Crippen molar-refractivity contribution in [3.63, 3.8) is 0 Å². The average Bonchev–Trinajstić information content (AvgIpc) is 3.29. The van der Waals surface area contributed by atoms with Crippen LogP contribution in [0.4, 0.5) is 27.6 Å². The molecule has 0 bridgehead atoms. The number of aromatic nitrogens is 2. The highest BCUT2D eigenvalue weighted by Crippen LogP contribution is 2.43. The standard InChI is InChI=1S/C24H22F5N3O4S/c1-2-3-21-30-31-22(36-21)13-18-8-4-15-12-16(23(33,14-25)24(27,28)29)5-11-20(15)32(18)37(34,35)19-9-6-17(26)7-10-19/h2,5-7,9-12,18,33H,1,3-4,8,13-14H2/t18-,23?/m0/s1. The first-order chi connectivity index (χ1) is 17.4. The van der Waals surface area contributed by atoms with Crippen LogP contribution in [0.25, 0.3) is 0 Å². The maximum absolute atomic E-state index is 13.7. The van der Waals surface area contributed by atoms with E-state index in [2.05, 4.69) is 16.8 Å². The van der Waals surface area contributed by atoms with Gasteiger partial charge in [-0.25, -0.2) is 17.2 Å². The minimum absolute atomic E-state index is 0.0112. The molecular formula is C24H22F5N3O4S. The van der Waals surface area contributed by atoms with Crippen molar-refractivity contribution < 1.29 is 39.9 Å². The Labute approximate surface area is 209 Å². The molecule has 198 valence electrons. The lowest BCUT2D eigenvalue weighted by atomic mass is 9.88. The van der Waals surface area contributed by atoms with E-state index in [0.29, 0.717) is 6.42 Å². The number of alkyl halides is 4. The zero-order valence-electron chi connectivity index (χ0n) is 19.3. The van der Waals surface area contributed by atoms with Crippen LogP contribution in [-0.4, -0.2) is 42.6 Å². The largest absolute Gasteiger partial charge is 0.425 e. The van der Waals surface area contributed by atoms with Gasteiger partial charge < -0.3 is 9.52 Å². The predicted octanol–water partition coefficient (Wildman–Crippen LogP) is 4.41. The van der Waals surface area contributed by atoms with Gasteiger partial charge in [-0.15, -0.1) is 16.8 Å². The minimum atomic E-state index is -5.30. The van der Waals surface area contributed by atoms with Crippen LogP contribution >= 0.6 is 0 Å². The van der Waals surface area contributed by atoms with Gasteiger partial charge in [-0.1, -0.05) is 18.2 Å². The Hall–Kier alpha value is -3.32. The van der Waals surface area contributed by atoms with Crippen LogP contribution < -0.4 is 4.31 Å². The summed E-state index contributed by atoms with van der Waals surface area (Å²) in [4.78, 5) is -0.246. The van der Waals surface area contributed by atoms with Crippen LogP contribution in [0.2, 0.25) is 0 Å². The van der Waals surface area contributed by atoms with Crippen molar-refractivity contribution in [1.82, 2.24) is 10.2 Å². The number of rotatable bonds is 8. The highest BCUT2D eigenvalue weighted by atomic mass is 32.2. The predicted molar refractivity (Wildman–Crippen MR) is 122 cm³/mol. The van der Waals surface area contributed by atoms with E-state index in [1.165, 1.54) is 0 Å². The smallest absolute Gasteiger partial charge is 0.424 e. The summed E-state index contributed by atoms with van der Waals surface area (Å²) in [6, 6.07) is 6.21. The van der Waals surface area contributed by atoms with Crippen molar-refractivity contribution in [3.8, 4) is 0 Å². The van der Waals surface area contributed by atoms with Gasteiger partial charge in [0.05, 0.1) is 16.6 Å². The number of anilines is 1. The zero-order chi connectivity index (χ0) is 27.0. The lowest BCUT2D eigenvalue weighted by Gasteiger charge is -2.38. The van der Waals surface area contributed by atoms with Crippen LogP contribution in [0.15, 0.2) is 64.4 Å². The summed E-state index contributed by atoms with van der Waals surface area (Å²) in [7, 11) is -4.35. The first-order valence-electron chi connectivity index (χ1n) is 11.1. The van der Waals surface area contributed by atoms with E-state index < -0.39 is 45.9 Å². The number of nitrogens with zero attached hydrogens (tertiary/aromatic N) is 3. The van der Waals surface area contributed by atoms with E-state index >= 15 is 0 Å². The SMILES string of the molecule is C=CCc1nnc(C[C@@H]2CCc3cc(C(O)(CF)C(F)(F)F)ccc3N2S(=O)(=O)c2ccc(F)cc2)o1. The molecule has 1 aromatic heterocycles. The molecule has 7 nitrogen and oxygen atoms in total. The van der Waals surface area contributed by atoms with Crippen molar-refractivity contribution in [2.24, 2.45) is 0 Å². The summed E-state index contributed by atoms with van der Waals surface area (Å²) < 4.78 is 101. The topological polar surface area (TPSA) is 96.5 Å². The van der Waals surface area contributed by atoms with Gasteiger partial charge in [-0.3, -0.25) is 4.31 Å². The Morgan fingerprint density at radius 3 is 2.43 bits per heavy atom. The molecule has 0 radical (unpaired) electrons. The van der Waals surface area contributed by atoms with E-state index in [-0.39, 0.29) is 47.2 Å². The first kappa shape index (κ1) is 26.7. The van der Waals surface area contributed by atoms with Crippen LogP contribution in [0.5, 0.6) is 0 Å². The molecule has 1 aliphatic heterocycles. The molecule has 1 unspecified atom stereocenters. The van der Waals surface area contributed by atoms with Gasteiger partial charge in [0.2, 0.25) is 17.4 Å². The zero-order valence-corrected chi connectivity index (χ0v) is 20.1. The Morgan fingerprint density at radius 2 is 1.81 bits per heavy atom. The molecule has 2 heterocycles. The van der Waals surface area contributed by atoms with Gasteiger partial charge >= 0.3 is 6.18 Å². The van der Waals surface area contributed by atoms with E-state index in [1.807, 2.05) is 0 Å². The third-order valence-electron chi connectivity index (χ3n) is 6.14. The number of hydrogen-bond donors (Lipinski definition) is 1. The van der Waals surface area contributed by atoms with Crippen LogP contribution in [-0.2, 0) is 34.9 Å². The van der Waals surface area contributed by atoms with Gasteiger partial charge in [-0.05, 0) is 54.3 Å². The maximum Gasteiger partial charge on any atom is 0.424 e. The molecule has 0 aliphatic carbocycles. The van der Waals surface area contributed by atoms with E-state index in [4.69, 9.17) is 4.42 Å². The van der Waals surface area contributed by atoms with Crippen molar-refractivity contribution in [1.29, 1.82) is 0 Å². The summed E-state index contributed by atoms with van der Waals surface area (Å²) in [5.74, 6) is -0.237. The van der Waals surface area contributed by atoms with E-state index in [9.17, 15) is 35.5 Å². The lowest BCUT2D eigenvalue weighted by Crippen LogP contribution is -2.46. The summed E-state index contributed by atoms with van der Waals surface area (Å²) in [6.07, 6.45) is -3.20. The summed E-state index contributed by atoms with van der Waals surface area (Å²) >= 11 is 0. The van der Waals surface area contributed by atoms with Crippen LogP contribution in [0, 0.1) is 5.82 Å². The second-order valence-electron chi connectivity index (χ2n) is 8.57. The molecular weight excluding hydrogens is 521 g/mol. The number of halogens is 5. The highest BCUT2D eigenvalue weighted by molar-refractivity contribution is 7.92. The quantitative estimate of drug-likeness (QED) is 0.334. The summed E-state index contributed by atoms with van der Waals surface area (Å²) in [5, 5.41) is 17.9. The van der Waals surface area contributed by atoms with Gasteiger partial charge in [0, 0.05) is 12.8 Å². The molecule has 2 aromatic carbocycles. The highest BCUT2D eigenvalue weighted by Gasteiger charge is 2.55. The van der Waals surface area contributed by atoms with Gasteiger partial charge in [-0.2, -0.15) is 13.2 Å². The lowest BCUT2D eigenvalue weighted by molar-refractivity contribution is -0.271. The summed E-state index contributed by atoms with van der Waals surface area (Å²) in [5.41, 5.74) is -4.29. The number of hydrogen-bond acceptors (Lipinski definition) is 6. The van der Waals surface area contributed by atoms with Crippen LogP contribution in [0.3, 0.4) is 0 Å². The Morgan fingerprint density at radius 1 is 1.14 bits per heavy atom. The van der Waals surface area contributed by atoms with Crippen molar-refractivity contribution in [2.45, 2.75) is 48.4 Å². The molecule has 1 N–H and O–H groups in total. The average molecular weight is 544 g/mol. The normalized spacial score (nSPS) is 17.8. The third-order valence-corrected chi connectivity index (χ3v) is 8.02. The van der Waals surface area contributed by atoms with E-state index in [1.54, 1.807) is 6.08 Å². The molecule has 3 aromatic rings. The molecule has 0 amide bonds. The van der Waals surface area contributed by atoms with Crippen molar-refractivity contribution >= 4 is 15.7 Å². The molecule has 0 fully saturated rings. The third kappa shape index (κ3) is 4.97. The monoisotopic (exact) mass is 543 g/mol. The molecule has 0 saturated carbocycles. The van der Waals surface area contributed by atoms with Crippen molar-refractivity contribution in [2.75, 3.05) is 11.0 Å².